The number of carbonyl (C=O) groups is 1. The van der Waals surface area contributed by atoms with E-state index in [1.54, 1.807) is 18.2 Å². The lowest BCUT2D eigenvalue weighted by molar-refractivity contribution is -0.385. The molecule has 2 rings (SSSR count). The Kier molecular flexibility index (Phi) is 5.86. The van der Waals surface area contributed by atoms with Gasteiger partial charge in [-0.2, -0.15) is 0 Å². The highest BCUT2D eigenvalue weighted by Gasteiger charge is 2.17. The quantitative estimate of drug-likeness (QED) is 0.310. The molecule has 0 radical (unpaired) electrons. The van der Waals surface area contributed by atoms with E-state index < -0.39 is 17.0 Å². The Balaban J connectivity index is 1.98. The molecule has 1 amide bonds. The number of rotatable bonds is 7. The average molecular weight is 340 g/mol. The van der Waals surface area contributed by atoms with E-state index in [1.165, 1.54) is 6.07 Å². The molecule has 1 unspecified atom stereocenters. The Morgan fingerprint density at radius 2 is 1.88 bits per heavy atom. The van der Waals surface area contributed by atoms with Gasteiger partial charge in [-0.15, -0.1) is 0 Å². The molecule has 4 N–H and O–H groups in total. The first-order valence-corrected chi connectivity index (χ1v) is 7.67. The third-order valence-electron chi connectivity index (χ3n) is 3.75. The maximum Gasteiger partial charge on any atom is 0.274 e. The van der Waals surface area contributed by atoms with Crippen molar-refractivity contribution in [2.45, 2.75) is 19.6 Å². The smallest absolute Gasteiger partial charge is 0.274 e. The zero-order chi connectivity index (χ0) is 18.4. The zero-order valence-corrected chi connectivity index (χ0v) is 13.9. The van der Waals surface area contributed by atoms with Gasteiger partial charge in [0.1, 0.15) is 6.17 Å². The molecular formula is C18H20N4O3. The summed E-state index contributed by atoms with van der Waals surface area (Å²) in [5.74, 6) is -0.466. The number of nitro benzene ring substituents is 1. The van der Waals surface area contributed by atoms with Crippen LogP contribution in [0.5, 0.6) is 0 Å². The molecule has 1 atom stereocenters. The van der Waals surface area contributed by atoms with Crippen LogP contribution in [0.1, 0.15) is 11.1 Å². The predicted molar refractivity (Wildman–Crippen MR) is 96.9 cm³/mol. The van der Waals surface area contributed by atoms with Crippen LogP contribution in [0.4, 0.5) is 11.4 Å². The van der Waals surface area contributed by atoms with Gasteiger partial charge < -0.3 is 16.4 Å². The SMILES string of the molecule is C=C(C(=O)NCc1ccccc1[N+](=O)[O-])C(N)Nc1ccccc1C. The summed E-state index contributed by atoms with van der Waals surface area (Å²) >= 11 is 0. The van der Waals surface area contributed by atoms with Crippen molar-refractivity contribution >= 4 is 17.3 Å². The van der Waals surface area contributed by atoms with Gasteiger partial charge in [-0.3, -0.25) is 14.9 Å². The number of para-hydroxylation sites is 2. The van der Waals surface area contributed by atoms with Crippen molar-refractivity contribution in [1.29, 1.82) is 0 Å². The van der Waals surface area contributed by atoms with Crippen LogP contribution in [0.15, 0.2) is 60.7 Å². The fourth-order valence-corrected chi connectivity index (χ4v) is 2.26. The number of nitrogens with one attached hydrogen (secondary N) is 2. The highest BCUT2D eigenvalue weighted by atomic mass is 16.6. The molecule has 0 aromatic heterocycles. The number of benzene rings is 2. The maximum absolute atomic E-state index is 12.2. The van der Waals surface area contributed by atoms with Crippen LogP contribution in [0.3, 0.4) is 0 Å². The number of amides is 1. The molecule has 2 aromatic carbocycles. The Labute approximate surface area is 145 Å². The minimum Gasteiger partial charge on any atom is -0.366 e. The minimum atomic E-state index is -0.771. The van der Waals surface area contributed by atoms with Crippen molar-refractivity contribution in [2.75, 3.05) is 5.32 Å². The molecule has 7 nitrogen and oxygen atoms in total. The number of nitro groups is 1. The lowest BCUT2D eigenvalue weighted by Crippen LogP contribution is -2.39. The van der Waals surface area contributed by atoms with E-state index >= 15 is 0 Å². The Bertz CT molecular complexity index is 804. The largest absolute Gasteiger partial charge is 0.366 e. The van der Waals surface area contributed by atoms with E-state index in [1.807, 2.05) is 31.2 Å². The molecule has 0 aliphatic carbocycles. The number of anilines is 1. The molecule has 0 saturated carbocycles. The molecule has 0 saturated heterocycles. The third-order valence-corrected chi connectivity index (χ3v) is 3.75. The number of nitrogens with zero attached hydrogens (tertiary/aromatic N) is 1. The van der Waals surface area contributed by atoms with E-state index in [-0.39, 0.29) is 17.8 Å². The number of hydrogen-bond acceptors (Lipinski definition) is 5. The van der Waals surface area contributed by atoms with Crippen molar-refractivity contribution in [3.63, 3.8) is 0 Å². The van der Waals surface area contributed by atoms with Crippen molar-refractivity contribution < 1.29 is 9.72 Å². The fraction of sp³-hybridized carbons (Fsp3) is 0.167. The van der Waals surface area contributed by atoms with Crippen LogP contribution >= 0.6 is 0 Å². The van der Waals surface area contributed by atoms with Crippen molar-refractivity contribution in [1.82, 2.24) is 5.32 Å². The number of aryl methyl sites for hydroxylation is 1. The molecule has 0 aliphatic heterocycles. The molecule has 0 bridgehead atoms. The van der Waals surface area contributed by atoms with Gasteiger partial charge in [-0.05, 0) is 18.6 Å². The van der Waals surface area contributed by atoms with Gasteiger partial charge in [0.05, 0.1) is 4.92 Å². The molecule has 25 heavy (non-hydrogen) atoms. The van der Waals surface area contributed by atoms with Crippen LogP contribution < -0.4 is 16.4 Å². The van der Waals surface area contributed by atoms with Gasteiger partial charge in [-0.1, -0.05) is 43.0 Å². The summed E-state index contributed by atoms with van der Waals surface area (Å²) in [6.07, 6.45) is -0.771. The summed E-state index contributed by atoms with van der Waals surface area (Å²) < 4.78 is 0. The summed E-state index contributed by atoms with van der Waals surface area (Å²) in [5, 5.41) is 16.6. The topological polar surface area (TPSA) is 110 Å². The lowest BCUT2D eigenvalue weighted by Gasteiger charge is -2.18. The van der Waals surface area contributed by atoms with Crippen LogP contribution in [0.25, 0.3) is 0 Å². The highest BCUT2D eigenvalue weighted by Crippen LogP contribution is 2.18. The first kappa shape index (κ1) is 18.2. The van der Waals surface area contributed by atoms with E-state index in [4.69, 9.17) is 5.73 Å². The van der Waals surface area contributed by atoms with Crippen molar-refractivity contribution in [3.05, 3.63) is 81.9 Å². The van der Waals surface area contributed by atoms with Crippen LogP contribution in [0.2, 0.25) is 0 Å². The molecule has 0 fully saturated rings. The van der Waals surface area contributed by atoms with Gasteiger partial charge in [0.2, 0.25) is 5.91 Å². The van der Waals surface area contributed by atoms with Crippen molar-refractivity contribution in [3.8, 4) is 0 Å². The molecular weight excluding hydrogens is 320 g/mol. The highest BCUT2D eigenvalue weighted by molar-refractivity contribution is 5.94. The second-order valence-corrected chi connectivity index (χ2v) is 5.53. The molecule has 0 spiro atoms. The summed E-state index contributed by atoms with van der Waals surface area (Å²) in [6.45, 7) is 5.66. The number of carbonyl (C=O) groups excluding carboxylic acids is 1. The van der Waals surface area contributed by atoms with E-state index in [9.17, 15) is 14.9 Å². The minimum absolute atomic E-state index is 0.0199. The van der Waals surface area contributed by atoms with Crippen LogP contribution in [-0.2, 0) is 11.3 Å². The van der Waals surface area contributed by atoms with Gasteiger partial charge in [-0.25, -0.2) is 0 Å². The van der Waals surface area contributed by atoms with Gasteiger partial charge in [0.25, 0.3) is 5.69 Å². The van der Waals surface area contributed by atoms with E-state index in [0.717, 1.165) is 11.3 Å². The zero-order valence-electron chi connectivity index (χ0n) is 13.9. The second-order valence-electron chi connectivity index (χ2n) is 5.53. The number of hydrogen-bond donors (Lipinski definition) is 3. The van der Waals surface area contributed by atoms with E-state index in [2.05, 4.69) is 17.2 Å². The standard InChI is InChI=1S/C18H20N4O3/c1-12-7-3-5-9-15(12)21-17(19)13(2)18(23)20-11-14-8-4-6-10-16(14)22(24)25/h3-10,17,21H,2,11,19H2,1H3,(H,20,23). The summed E-state index contributed by atoms with van der Waals surface area (Å²) in [6, 6.07) is 13.8. The normalized spacial score (nSPS) is 11.4. The Morgan fingerprint density at radius 3 is 2.56 bits per heavy atom. The monoisotopic (exact) mass is 340 g/mol. The van der Waals surface area contributed by atoms with Crippen LogP contribution in [-0.4, -0.2) is 17.0 Å². The lowest BCUT2D eigenvalue weighted by atomic mass is 10.1. The maximum atomic E-state index is 12.2. The summed E-state index contributed by atoms with van der Waals surface area (Å²) in [4.78, 5) is 22.7. The summed E-state index contributed by atoms with van der Waals surface area (Å²) in [5.41, 5.74) is 8.29. The second kappa shape index (κ2) is 8.07. The molecule has 2 aromatic rings. The molecule has 130 valence electrons. The first-order chi connectivity index (χ1) is 11.9. The van der Waals surface area contributed by atoms with Crippen LogP contribution in [0, 0.1) is 17.0 Å². The molecule has 0 heterocycles. The number of nitrogens with two attached hydrogens (primary N) is 1. The first-order valence-electron chi connectivity index (χ1n) is 7.67. The van der Waals surface area contributed by atoms with E-state index in [0.29, 0.717) is 5.56 Å². The predicted octanol–water partition coefficient (Wildman–Crippen LogP) is 2.47. The summed E-state index contributed by atoms with van der Waals surface area (Å²) in [7, 11) is 0. The van der Waals surface area contributed by atoms with Gasteiger partial charge in [0.15, 0.2) is 0 Å². The van der Waals surface area contributed by atoms with Gasteiger partial charge in [0, 0.05) is 29.4 Å². The fourth-order valence-electron chi connectivity index (χ4n) is 2.26. The average Bonchev–Trinajstić information content (AvgIpc) is 2.61. The van der Waals surface area contributed by atoms with Crippen molar-refractivity contribution in [2.24, 2.45) is 5.73 Å². The Morgan fingerprint density at radius 1 is 1.24 bits per heavy atom. The van der Waals surface area contributed by atoms with Gasteiger partial charge >= 0.3 is 0 Å². The Hall–Kier alpha value is -3.19. The molecule has 7 heteroatoms. The molecule has 0 aliphatic rings. The third kappa shape index (κ3) is 4.65.